The molecule has 0 aliphatic heterocycles. The minimum atomic E-state index is -0.450. The summed E-state index contributed by atoms with van der Waals surface area (Å²) in [5, 5.41) is 1.23. The van der Waals surface area contributed by atoms with Crippen molar-refractivity contribution in [2.45, 2.75) is 13.8 Å². The number of halogens is 2. The lowest BCUT2D eigenvalue weighted by molar-refractivity contribution is 0.0737. The van der Waals surface area contributed by atoms with Crippen LogP contribution in [0.15, 0.2) is 34.8 Å². The molecule has 24 heavy (non-hydrogen) atoms. The van der Waals surface area contributed by atoms with E-state index in [0.717, 1.165) is 31.4 Å². The zero-order valence-corrected chi connectivity index (χ0v) is 16.4. The second-order valence-corrected chi connectivity index (χ2v) is 7.71. The Kier molecular flexibility index (Phi) is 4.85. The molecule has 0 saturated carbocycles. The molecule has 1 heterocycles. The maximum atomic E-state index is 12.6. The normalized spacial score (nSPS) is 10.9. The lowest BCUT2D eigenvalue weighted by Crippen LogP contribution is -2.09. The monoisotopic (exact) mass is 424 g/mol. The number of benzene rings is 2. The van der Waals surface area contributed by atoms with Crippen LogP contribution in [0.2, 0.25) is 5.02 Å². The average molecular weight is 426 g/mol. The fourth-order valence-electron chi connectivity index (χ4n) is 2.50. The molecule has 0 aliphatic carbocycles. The third-order valence-electron chi connectivity index (χ3n) is 3.64. The molecule has 124 valence electrons. The van der Waals surface area contributed by atoms with Crippen LogP contribution in [0.25, 0.3) is 10.1 Å². The van der Waals surface area contributed by atoms with Gasteiger partial charge in [-0.1, -0.05) is 27.5 Å². The highest BCUT2D eigenvalue weighted by molar-refractivity contribution is 9.10. The molecule has 0 fully saturated rings. The number of ether oxygens (including phenoxy) is 2. The number of fused-ring (bicyclic) bond motifs is 1. The number of carbonyl (C=O) groups is 1. The molecule has 0 N–H and O–H groups in total. The first-order valence-electron chi connectivity index (χ1n) is 7.15. The first-order chi connectivity index (χ1) is 11.4. The van der Waals surface area contributed by atoms with Gasteiger partial charge in [0, 0.05) is 14.6 Å². The third-order valence-corrected chi connectivity index (χ3v) is 5.74. The third kappa shape index (κ3) is 3.16. The van der Waals surface area contributed by atoms with E-state index in [1.807, 2.05) is 44.2 Å². The van der Waals surface area contributed by atoms with Crippen LogP contribution in [0.3, 0.4) is 0 Å². The first-order valence-corrected chi connectivity index (χ1v) is 9.14. The summed E-state index contributed by atoms with van der Waals surface area (Å²) in [7, 11) is 1.60. The SMILES string of the molecule is COc1ccc2c(Cl)c(C(=O)Oc3c(C)cc(Br)cc3C)sc2c1. The van der Waals surface area contributed by atoms with Gasteiger partial charge in [0.25, 0.3) is 0 Å². The summed E-state index contributed by atoms with van der Waals surface area (Å²) >= 11 is 11.1. The number of aryl methyl sites for hydroxylation is 2. The molecule has 3 aromatic rings. The van der Waals surface area contributed by atoms with Crippen LogP contribution >= 0.6 is 38.9 Å². The van der Waals surface area contributed by atoms with Crippen molar-refractivity contribution in [3.8, 4) is 11.5 Å². The van der Waals surface area contributed by atoms with Crippen molar-refractivity contribution >= 4 is 54.9 Å². The fraction of sp³-hybridized carbons (Fsp3) is 0.167. The number of hydrogen-bond donors (Lipinski definition) is 0. The number of rotatable bonds is 3. The second kappa shape index (κ2) is 6.75. The van der Waals surface area contributed by atoms with Crippen molar-refractivity contribution in [2.75, 3.05) is 7.11 Å². The van der Waals surface area contributed by atoms with Crippen molar-refractivity contribution < 1.29 is 14.3 Å². The molecule has 2 aromatic carbocycles. The molecule has 3 rings (SSSR count). The predicted molar refractivity (Wildman–Crippen MR) is 102 cm³/mol. The van der Waals surface area contributed by atoms with E-state index in [9.17, 15) is 4.79 Å². The molecule has 0 aliphatic rings. The van der Waals surface area contributed by atoms with Crippen LogP contribution in [0.4, 0.5) is 0 Å². The summed E-state index contributed by atoms with van der Waals surface area (Å²) in [5.74, 6) is 0.836. The van der Waals surface area contributed by atoms with E-state index >= 15 is 0 Å². The zero-order chi connectivity index (χ0) is 17.4. The van der Waals surface area contributed by atoms with Gasteiger partial charge in [0.2, 0.25) is 0 Å². The number of hydrogen-bond acceptors (Lipinski definition) is 4. The molecule has 0 amide bonds. The van der Waals surface area contributed by atoms with Crippen molar-refractivity contribution in [3.05, 3.63) is 55.8 Å². The van der Waals surface area contributed by atoms with Gasteiger partial charge in [0.05, 0.1) is 12.1 Å². The van der Waals surface area contributed by atoms with Gasteiger partial charge >= 0.3 is 5.97 Å². The second-order valence-electron chi connectivity index (χ2n) is 5.37. The number of methoxy groups -OCH3 is 1. The van der Waals surface area contributed by atoms with Crippen LogP contribution in [0.1, 0.15) is 20.8 Å². The van der Waals surface area contributed by atoms with Gasteiger partial charge in [0.1, 0.15) is 16.4 Å². The van der Waals surface area contributed by atoms with E-state index in [0.29, 0.717) is 15.6 Å². The van der Waals surface area contributed by atoms with Crippen molar-refractivity contribution in [2.24, 2.45) is 0 Å². The minimum Gasteiger partial charge on any atom is -0.497 e. The molecular formula is C18H14BrClO3S. The maximum absolute atomic E-state index is 12.6. The van der Waals surface area contributed by atoms with Crippen molar-refractivity contribution in [3.63, 3.8) is 0 Å². The van der Waals surface area contributed by atoms with Gasteiger partial charge in [-0.25, -0.2) is 4.79 Å². The van der Waals surface area contributed by atoms with Gasteiger partial charge in [0.15, 0.2) is 0 Å². The molecule has 0 atom stereocenters. The Hall–Kier alpha value is -1.56. The van der Waals surface area contributed by atoms with E-state index in [-0.39, 0.29) is 0 Å². The first kappa shape index (κ1) is 17.3. The van der Waals surface area contributed by atoms with Gasteiger partial charge in [-0.2, -0.15) is 0 Å². The minimum absolute atomic E-state index is 0.390. The van der Waals surface area contributed by atoms with Crippen LogP contribution in [0, 0.1) is 13.8 Å². The fourth-order valence-corrected chi connectivity index (χ4v) is 4.60. The van der Waals surface area contributed by atoms with Crippen LogP contribution in [0.5, 0.6) is 11.5 Å². The summed E-state index contributed by atoms with van der Waals surface area (Å²) < 4.78 is 12.7. The Morgan fingerprint density at radius 3 is 2.46 bits per heavy atom. The highest BCUT2D eigenvalue weighted by atomic mass is 79.9. The topological polar surface area (TPSA) is 35.5 Å². The average Bonchev–Trinajstić information content (AvgIpc) is 2.87. The van der Waals surface area contributed by atoms with Gasteiger partial charge in [-0.05, 0) is 55.3 Å². The largest absolute Gasteiger partial charge is 0.497 e. The van der Waals surface area contributed by atoms with Gasteiger partial charge in [-0.3, -0.25) is 0 Å². The number of esters is 1. The predicted octanol–water partition coefficient (Wildman–Crippen LogP) is 6.16. The van der Waals surface area contributed by atoms with Gasteiger partial charge in [-0.15, -0.1) is 11.3 Å². The quantitative estimate of drug-likeness (QED) is 0.372. The standard InChI is InChI=1S/C18H14BrClO3S/c1-9-6-11(19)7-10(2)16(9)23-18(21)17-15(20)13-5-4-12(22-3)8-14(13)24-17/h4-8H,1-3H3. The Morgan fingerprint density at radius 1 is 1.17 bits per heavy atom. The Labute approximate surface area is 157 Å². The Bertz CT molecular complexity index is 926. The van der Waals surface area contributed by atoms with Crippen molar-refractivity contribution in [1.29, 1.82) is 0 Å². The summed E-state index contributed by atoms with van der Waals surface area (Å²) in [6, 6.07) is 9.35. The molecule has 0 spiro atoms. The summed E-state index contributed by atoms with van der Waals surface area (Å²) in [5.41, 5.74) is 1.77. The highest BCUT2D eigenvalue weighted by Crippen LogP contribution is 2.38. The summed E-state index contributed by atoms with van der Waals surface area (Å²) in [6.45, 7) is 3.80. The zero-order valence-electron chi connectivity index (χ0n) is 13.3. The molecule has 0 saturated heterocycles. The summed E-state index contributed by atoms with van der Waals surface area (Å²) in [4.78, 5) is 13.0. The molecular weight excluding hydrogens is 412 g/mol. The Morgan fingerprint density at radius 2 is 1.83 bits per heavy atom. The van der Waals surface area contributed by atoms with Crippen LogP contribution < -0.4 is 9.47 Å². The van der Waals surface area contributed by atoms with Crippen LogP contribution in [-0.4, -0.2) is 13.1 Å². The van der Waals surface area contributed by atoms with E-state index in [4.69, 9.17) is 21.1 Å². The van der Waals surface area contributed by atoms with E-state index < -0.39 is 5.97 Å². The number of carbonyl (C=O) groups excluding carboxylic acids is 1. The molecule has 0 unspecified atom stereocenters. The lowest BCUT2D eigenvalue weighted by Gasteiger charge is -2.10. The molecule has 6 heteroatoms. The lowest BCUT2D eigenvalue weighted by atomic mass is 10.1. The molecule has 1 aromatic heterocycles. The van der Waals surface area contributed by atoms with Gasteiger partial charge < -0.3 is 9.47 Å². The smallest absolute Gasteiger partial charge is 0.355 e. The van der Waals surface area contributed by atoms with E-state index in [1.54, 1.807) is 7.11 Å². The molecule has 3 nitrogen and oxygen atoms in total. The van der Waals surface area contributed by atoms with E-state index in [1.165, 1.54) is 11.3 Å². The maximum Gasteiger partial charge on any atom is 0.355 e. The Balaban J connectivity index is 1.99. The van der Waals surface area contributed by atoms with Crippen LogP contribution in [-0.2, 0) is 0 Å². The summed E-state index contributed by atoms with van der Waals surface area (Å²) in [6.07, 6.45) is 0. The molecule has 0 bridgehead atoms. The molecule has 0 radical (unpaired) electrons. The highest BCUT2D eigenvalue weighted by Gasteiger charge is 2.21. The number of thiophene rings is 1. The van der Waals surface area contributed by atoms with Crippen molar-refractivity contribution in [1.82, 2.24) is 0 Å². The van der Waals surface area contributed by atoms with E-state index in [2.05, 4.69) is 15.9 Å².